The van der Waals surface area contributed by atoms with Crippen LogP contribution in [0.3, 0.4) is 0 Å². The van der Waals surface area contributed by atoms with Gasteiger partial charge in [0.05, 0.1) is 25.8 Å². The number of benzene rings is 1. The van der Waals surface area contributed by atoms with E-state index in [0.717, 1.165) is 10.0 Å². The molecule has 0 spiro atoms. The van der Waals surface area contributed by atoms with Crippen molar-refractivity contribution < 1.29 is 14.3 Å². The number of aliphatic imine (C=N–C) groups is 1. The van der Waals surface area contributed by atoms with Gasteiger partial charge in [-0.2, -0.15) is 4.99 Å². The van der Waals surface area contributed by atoms with Gasteiger partial charge >= 0.3 is 0 Å². The molecule has 0 bridgehead atoms. The van der Waals surface area contributed by atoms with E-state index in [1.54, 1.807) is 33.3 Å². The predicted octanol–water partition coefficient (Wildman–Crippen LogP) is 2.86. The highest BCUT2D eigenvalue weighted by molar-refractivity contribution is 9.10. The normalized spacial score (nSPS) is 11.5. The van der Waals surface area contributed by atoms with Crippen molar-refractivity contribution in [2.75, 3.05) is 14.2 Å². The first-order valence-electron chi connectivity index (χ1n) is 4.62. The van der Waals surface area contributed by atoms with Gasteiger partial charge in [0.15, 0.2) is 0 Å². The van der Waals surface area contributed by atoms with E-state index in [2.05, 4.69) is 20.9 Å². The van der Waals surface area contributed by atoms with Crippen LogP contribution in [0.1, 0.15) is 18.5 Å². The van der Waals surface area contributed by atoms with Crippen LogP contribution in [0.2, 0.25) is 0 Å². The Kier molecular flexibility index (Phi) is 4.52. The zero-order valence-electron chi connectivity index (χ0n) is 9.28. The van der Waals surface area contributed by atoms with Crippen LogP contribution in [0.15, 0.2) is 21.6 Å². The summed E-state index contributed by atoms with van der Waals surface area (Å²) in [6, 6.07) is 3.25. The molecule has 4 nitrogen and oxygen atoms in total. The van der Waals surface area contributed by atoms with Gasteiger partial charge in [-0.1, -0.05) is 15.9 Å². The van der Waals surface area contributed by atoms with Crippen molar-refractivity contribution in [3.8, 4) is 11.5 Å². The third-order valence-corrected chi connectivity index (χ3v) is 2.63. The Labute approximate surface area is 102 Å². The molecule has 0 fully saturated rings. The second-order valence-corrected chi connectivity index (χ2v) is 4.04. The van der Waals surface area contributed by atoms with Gasteiger partial charge < -0.3 is 9.47 Å². The Hall–Kier alpha value is -1.32. The fraction of sp³-hybridized carbons (Fsp3) is 0.364. The van der Waals surface area contributed by atoms with Gasteiger partial charge in [-0.15, -0.1) is 0 Å². The number of ether oxygens (including phenoxy) is 2. The van der Waals surface area contributed by atoms with E-state index in [0.29, 0.717) is 11.5 Å². The van der Waals surface area contributed by atoms with Crippen molar-refractivity contribution in [3.05, 3.63) is 22.2 Å². The molecule has 16 heavy (non-hydrogen) atoms. The van der Waals surface area contributed by atoms with Crippen LogP contribution in [0.25, 0.3) is 0 Å². The average Bonchev–Trinajstić information content (AvgIpc) is 2.27. The molecule has 1 rings (SSSR count). The largest absolute Gasteiger partial charge is 0.496 e. The lowest BCUT2D eigenvalue weighted by Gasteiger charge is -2.15. The minimum absolute atomic E-state index is 0.351. The maximum Gasteiger partial charge on any atom is 0.235 e. The summed E-state index contributed by atoms with van der Waals surface area (Å²) >= 11 is 3.35. The highest BCUT2D eigenvalue weighted by Gasteiger charge is 2.17. The van der Waals surface area contributed by atoms with Crippen molar-refractivity contribution >= 4 is 22.0 Å². The van der Waals surface area contributed by atoms with Gasteiger partial charge in [0.2, 0.25) is 6.08 Å². The standard InChI is InChI=1S/C11H12BrNO3/c1-7(13-6-14)11-9(15-2)4-8(12)5-10(11)16-3/h4-5,7H,1-3H3. The molecule has 0 aliphatic heterocycles. The van der Waals surface area contributed by atoms with E-state index < -0.39 is 0 Å². The van der Waals surface area contributed by atoms with Gasteiger partial charge in [0.25, 0.3) is 0 Å². The zero-order chi connectivity index (χ0) is 12.1. The molecule has 1 atom stereocenters. The third kappa shape index (κ3) is 2.62. The van der Waals surface area contributed by atoms with Gasteiger partial charge in [-0.05, 0) is 19.1 Å². The molecular weight excluding hydrogens is 274 g/mol. The average molecular weight is 286 g/mol. The SMILES string of the molecule is COc1cc(Br)cc(OC)c1C(C)N=C=O. The molecule has 0 saturated heterocycles. The van der Waals surface area contributed by atoms with E-state index in [4.69, 9.17) is 9.47 Å². The Morgan fingerprint density at radius 2 is 1.81 bits per heavy atom. The molecule has 86 valence electrons. The van der Waals surface area contributed by atoms with E-state index >= 15 is 0 Å². The summed E-state index contributed by atoms with van der Waals surface area (Å²) in [6.45, 7) is 1.78. The molecule has 0 saturated carbocycles. The highest BCUT2D eigenvalue weighted by Crippen LogP contribution is 2.38. The Morgan fingerprint density at radius 3 is 2.19 bits per heavy atom. The highest BCUT2D eigenvalue weighted by atomic mass is 79.9. The van der Waals surface area contributed by atoms with Crippen molar-refractivity contribution in [1.29, 1.82) is 0 Å². The van der Waals surface area contributed by atoms with E-state index in [1.165, 1.54) is 6.08 Å². The molecule has 5 heteroatoms. The van der Waals surface area contributed by atoms with Crippen LogP contribution >= 0.6 is 15.9 Å². The molecule has 0 heterocycles. The molecule has 1 unspecified atom stereocenters. The molecule has 0 aromatic heterocycles. The number of isocyanates is 1. The Bertz CT molecular complexity index is 402. The molecule has 0 amide bonds. The van der Waals surface area contributed by atoms with Crippen LogP contribution in [0, 0.1) is 0 Å². The lowest BCUT2D eigenvalue weighted by Crippen LogP contribution is -1.99. The number of carbonyl (C=O) groups excluding carboxylic acids is 1. The number of hydrogen-bond donors (Lipinski definition) is 0. The summed E-state index contributed by atoms with van der Waals surface area (Å²) in [4.78, 5) is 13.9. The summed E-state index contributed by atoms with van der Waals surface area (Å²) < 4.78 is 11.3. The molecule has 0 N–H and O–H groups in total. The van der Waals surface area contributed by atoms with Crippen molar-refractivity contribution in [1.82, 2.24) is 0 Å². The molecular formula is C11H12BrNO3. The van der Waals surface area contributed by atoms with Gasteiger partial charge in [0, 0.05) is 4.47 Å². The second-order valence-electron chi connectivity index (χ2n) is 3.12. The predicted molar refractivity (Wildman–Crippen MR) is 63.8 cm³/mol. The minimum atomic E-state index is -0.351. The first kappa shape index (κ1) is 12.7. The van der Waals surface area contributed by atoms with E-state index in [1.807, 2.05) is 0 Å². The number of methoxy groups -OCH3 is 2. The summed E-state index contributed by atoms with van der Waals surface area (Å²) in [7, 11) is 3.12. The third-order valence-electron chi connectivity index (χ3n) is 2.17. The monoisotopic (exact) mass is 285 g/mol. The van der Waals surface area contributed by atoms with Gasteiger partial charge in [-0.25, -0.2) is 4.79 Å². The molecule has 1 aromatic rings. The van der Waals surface area contributed by atoms with Crippen LogP contribution in [-0.2, 0) is 4.79 Å². The summed E-state index contributed by atoms with van der Waals surface area (Å²) in [5.41, 5.74) is 0.733. The van der Waals surface area contributed by atoms with Gasteiger partial charge in [0.1, 0.15) is 11.5 Å². The van der Waals surface area contributed by atoms with E-state index in [-0.39, 0.29) is 6.04 Å². The first-order valence-corrected chi connectivity index (χ1v) is 5.41. The minimum Gasteiger partial charge on any atom is -0.496 e. The summed E-state index contributed by atoms with van der Waals surface area (Å²) in [6.07, 6.45) is 1.54. The molecule has 1 aromatic carbocycles. The van der Waals surface area contributed by atoms with Crippen LogP contribution < -0.4 is 9.47 Å². The maximum atomic E-state index is 10.3. The van der Waals surface area contributed by atoms with Crippen molar-refractivity contribution in [2.45, 2.75) is 13.0 Å². The topological polar surface area (TPSA) is 47.9 Å². The summed E-state index contributed by atoms with van der Waals surface area (Å²) in [5, 5.41) is 0. The number of nitrogens with zero attached hydrogens (tertiary/aromatic N) is 1. The van der Waals surface area contributed by atoms with Crippen LogP contribution in [0.4, 0.5) is 0 Å². The lowest BCUT2D eigenvalue weighted by atomic mass is 10.1. The van der Waals surface area contributed by atoms with Crippen molar-refractivity contribution in [2.24, 2.45) is 4.99 Å². The second kappa shape index (κ2) is 5.68. The number of rotatable bonds is 4. The Balaban J connectivity index is 3.37. The zero-order valence-corrected chi connectivity index (χ0v) is 10.9. The smallest absolute Gasteiger partial charge is 0.235 e. The van der Waals surface area contributed by atoms with Crippen LogP contribution in [0.5, 0.6) is 11.5 Å². The van der Waals surface area contributed by atoms with Crippen LogP contribution in [-0.4, -0.2) is 20.3 Å². The van der Waals surface area contributed by atoms with E-state index in [9.17, 15) is 4.79 Å². The Morgan fingerprint density at radius 1 is 1.31 bits per heavy atom. The molecule has 0 aliphatic carbocycles. The quantitative estimate of drug-likeness (QED) is 0.631. The molecule has 0 aliphatic rings. The summed E-state index contributed by atoms with van der Waals surface area (Å²) in [5.74, 6) is 1.25. The fourth-order valence-electron chi connectivity index (χ4n) is 1.46. The molecule has 0 radical (unpaired) electrons. The van der Waals surface area contributed by atoms with Gasteiger partial charge in [-0.3, -0.25) is 0 Å². The number of hydrogen-bond acceptors (Lipinski definition) is 4. The fourth-order valence-corrected chi connectivity index (χ4v) is 1.88. The number of halogens is 1. The van der Waals surface area contributed by atoms with Crippen molar-refractivity contribution in [3.63, 3.8) is 0 Å². The maximum absolute atomic E-state index is 10.3. The first-order chi connectivity index (χ1) is 7.63. The lowest BCUT2D eigenvalue weighted by molar-refractivity contribution is 0.380.